The first-order valence-electron chi connectivity index (χ1n) is 7.31. The zero-order valence-electron chi connectivity index (χ0n) is 12.0. The van der Waals surface area contributed by atoms with Gasteiger partial charge in [0.25, 0.3) is 0 Å². The number of rotatable bonds is 5. The second kappa shape index (κ2) is 6.88. The molecule has 1 saturated heterocycles. The molecular formula is C15H23F2N3. The Morgan fingerprint density at radius 2 is 2.15 bits per heavy atom. The summed E-state index contributed by atoms with van der Waals surface area (Å²) in [6.45, 7) is 4.95. The molecule has 2 rings (SSSR count). The van der Waals surface area contributed by atoms with Crippen LogP contribution in [0.5, 0.6) is 0 Å². The van der Waals surface area contributed by atoms with E-state index >= 15 is 0 Å². The van der Waals surface area contributed by atoms with Crippen LogP contribution in [-0.2, 0) is 0 Å². The maximum absolute atomic E-state index is 13.6. The van der Waals surface area contributed by atoms with Gasteiger partial charge in [0.05, 0.1) is 11.4 Å². The van der Waals surface area contributed by atoms with Gasteiger partial charge in [-0.15, -0.1) is 0 Å². The summed E-state index contributed by atoms with van der Waals surface area (Å²) in [5.74, 6) is -1.76. The highest BCUT2D eigenvalue weighted by molar-refractivity contribution is 5.66. The van der Waals surface area contributed by atoms with E-state index < -0.39 is 11.6 Å². The summed E-state index contributed by atoms with van der Waals surface area (Å²) in [6.07, 6.45) is 4.70. The molecule has 0 radical (unpaired) electrons. The number of anilines is 2. The van der Waals surface area contributed by atoms with Gasteiger partial charge < -0.3 is 16.0 Å². The Morgan fingerprint density at radius 3 is 2.90 bits per heavy atom. The zero-order chi connectivity index (χ0) is 14.5. The molecule has 112 valence electrons. The summed E-state index contributed by atoms with van der Waals surface area (Å²) in [7, 11) is 0. The fraction of sp³-hybridized carbons (Fsp3) is 0.600. The number of nitrogens with one attached hydrogen (secondary N) is 1. The molecule has 1 aliphatic rings. The molecule has 20 heavy (non-hydrogen) atoms. The van der Waals surface area contributed by atoms with Gasteiger partial charge in [-0.05, 0) is 44.9 Å². The van der Waals surface area contributed by atoms with Gasteiger partial charge in [0, 0.05) is 19.1 Å². The molecule has 0 aromatic heterocycles. The summed E-state index contributed by atoms with van der Waals surface area (Å²) in [6, 6.07) is 3.05. The van der Waals surface area contributed by atoms with Crippen molar-refractivity contribution in [2.45, 2.75) is 38.6 Å². The lowest BCUT2D eigenvalue weighted by Gasteiger charge is -2.33. The third-order valence-electron chi connectivity index (χ3n) is 3.99. The Hall–Kier alpha value is -1.36. The van der Waals surface area contributed by atoms with Gasteiger partial charge in [-0.2, -0.15) is 0 Å². The SMILES string of the molecule is CC1CCCCN1CCCNc1c(N)ccc(F)c1F. The topological polar surface area (TPSA) is 41.3 Å². The lowest BCUT2D eigenvalue weighted by atomic mass is 10.0. The lowest BCUT2D eigenvalue weighted by Crippen LogP contribution is -2.38. The Bertz CT molecular complexity index is 451. The van der Waals surface area contributed by atoms with E-state index in [-0.39, 0.29) is 11.4 Å². The maximum Gasteiger partial charge on any atom is 0.183 e. The van der Waals surface area contributed by atoms with E-state index in [1.807, 2.05) is 0 Å². The van der Waals surface area contributed by atoms with E-state index in [9.17, 15) is 8.78 Å². The van der Waals surface area contributed by atoms with Crippen LogP contribution in [0, 0.1) is 11.6 Å². The number of nitrogens with zero attached hydrogens (tertiary/aromatic N) is 1. The third kappa shape index (κ3) is 3.60. The number of hydrogen-bond acceptors (Lipinski definition) is 3. The van der Waals surface area contributed by atoms with Crippen LogP contribution in [0.1, 0.15) is 32.6 Å². The molecule has 1 heterocycles. The number of nitrogens with two attached hydrogens (primary N) is 1. The predicted molar refractivity (Wildman–Crippen MR) is 78.8 cm³/mol. The first-order valence-corrected chi connectivity index (χ1v) is 7.31. The molecule has 1 fully saturated rings. The van der Waals surface area contributed by atoms with Crippen LogP contribution >= 0.6 is 0 Å². The summed E-state index contributed by atoms with van der Waals surface area (Å²) < 4.78 is 26.7. The molecular weight excluding hydrogens is 260 g/mol. The number of hydrogen-bond donors (Lipinski definition) is 2. The molecule has 5 heteroatoms. The Labute approximate surface area is 119 Å². The van der Waals surface area contributed by atoms with Crippen molar-refractivity contribution < 1.29 is 8.78 Å². The molecule has 0 saturated carbocycles. The number of benzene rings is 1. The fourth-order valence-electron chi connectivity index (χ4n) is 2.73. The second-order valence-corrected chi connectivity index (χ2v) is 5.49. The Morgan fingerprint density at radius 1 is 1.35 bits per heavy atom. The first kappa shape index (κ1) is 15.0. The number of likely N-dealkylation sites (tertiary alicyclic amines) is 1. The van der Waals surface area contributed by atoms with Crippen LogP contribution in [0.2, 0.25) is 0 Å². The predicted octanol–water partition coefficient (Wildman–Crippen LogP) is 3.22. The molecule has 3 nitrogen and oxygen atoms in total. The second-order valence-electron chi connectivity index (χ2n) is 5.49. The summed E-state index contributed by atoms with van der Waals surface area (Å²) in [5, 5.41) is 2.91. The van der Waals surface area contributed by atoms with Crippen molar-refractivity contribution >= 4 is 11.4 Å². The highest BCUT2D eigenvalue weighted by Gasteiger charge is 2.17. The van der Waals surface area contributed by atoms with Crippen molar-refractivity contribution in [3.8, 4) is 0 Å². The van der Waals surface area contributed by atoms with Crippen LogP contribution in [0.4, 0.5) is 20.2 Å². The van der Waals surface area contributed by atoms with Gasteiger partial charge in [0.1, 0.15) is 0 Å². The van der Waals surface area contributed by atoms with E-state index in [1.165, 1.54) is 25.3 Å². The molecule has 0 bridgehead atoms. The lowest BCUT2D eigenvalue weighted by molar-refractivity contribution is 0.160. The quantitative estimate of drug-likeness (QED) is 0.644. The van der Waals surface area contributed by atoms with Crippen LogP contribution in [0.25, 0.3) is 0 Å². The van der Waals surface area contributed by atoms with E-state index in [0.717, 1.165) is 25.6 Å². The van der Waals surface area contributed by atoms with Gasteiger partial charge in [0.15, 0.2) is 11.6 Å². The van der Waals surface area contributed by atoms with Gasteiger partial charge >= 0.3 is 0 Å². The molecule has 0 aliphatic carbocycles. The molecule has 1 aliphatic heterocycles. The van der Waals surface area contributed by atoms with Crippen molar-refractivity contribution in [1.29, 1.82) is 0 Å². The first-order chi connectivity index (χ1) is 9.59. The fourth-order valence-corrected chi connectivity index (χ4v) is 2.73. The van der Waals surface area contributed by atoms with Crippen molar-refractivity contribution in [3.63, 3.8) is 0 Å². The highest BCUT2D eigenvalue weighted by atomic mass is 19.2. The smallest absolute Gasteiger partial charge is 0.183 e. The van der Waals surface area contributed by atoms with Gasteiger partial charge in [-0.3, -0.25) is 0 Å². The van der Waals surface area contributed by atoms with Crippen molar-refractivity contribution in [2.24, 2.45) is 0 Å². The molecule has 0 amide bonds. The molecule has 3 N–H and O–H groups in total. The number of nitrogen functional groups attached to an aromatic ring is 1. The standard InChI is InChI=1S/C15H23F2N3/c1-11-5-2-3-9-20(11)10-4-8-19-15-13(18)7-6-12(16)14(15)17/h6-7,11,19H,2-5,8-10,18H2,1H3. The monoisotopic (exact) mass is 283 g/mol. The van der Waals surface area contributed by atoms with E-state index in [0.29, 0.717) is 12.6 Å². The third-order valence-corrected chi connectivity index (χ3v) is 3.99. The molecule has 1 atom stereocenters. The Kier molecular flexibility index (Phi) is 5.17. The van der Waals surface area contributed by atoms with Crippen molar-refractivity contribution in [2.75, 3.05) is 30.7 Å². The number of piperidine rings is 1. The van der Waals surface area contributed by atoms with Gasteiger partial charge in [-0.1, -0.05) is 6.42 Å². The van der Waals surface area contributed by atoms with Crippen LogP contribution < -0.4 is 11.1 Å². The molecule has 1 aromatic carbocycles. The average molecular weight is 283 g/mol. The van der Waals surface area contributed by atoms with Gasteiger partial charge in [0.2, 0.25) is 0 Å². The number of halogens is 2. The summed E-state index contributed by atoms with van der Waals surface area (Å²) in [4.78, 5) is 2.45. The largest absolute Gasteiger partial charge is 0.397 e. The normalized spacial score (nSPS) is 20.1. The molecule has 1 aromatic rings. The van der Waals surface area contributed by atoms with E-state index in [4.69, 9.17) is 5.73 Å². The maximum atomic E-state index is 13.6. The summed E-state index contributed by atoms with van der Waals surface area (Å²) >= 11 is 0. The minimum absolute atomic E-state index is 0.0803. The van der Waals surface area contributed by atoms with E-state index in [1.54, 1.807) is 0 Å². The van der Waals surface area contributed by atoms with Crippen molar-refractivity contribution in [1.82, 2.24) is 4.90 Å². The van der Waals surface area contributed by atoms with Crippen LogP contribution in [-0.4, -0.2) is 30.6 Å². The van der Waals surface area contributed by atoms with Crippen LogP contribution in [0.3, 0.4) is 0 Å². The molecule has 1 unspecified atom stereocenters. The van der Waals surface area contributed by atoms with E-state index in [2.05, 4.69) is 17.1 Å². The van der Waals surface area contributed by atoms with Crippen molar-refractivity contribution in [3.05, 3.63) is 23.8 Å². The van der Waals surface area contributed by atoms with Crippen LogP contribution in [0.15, 0.2) is 12.1 Å². The summed E-state index contributed by atoms with van der Waals surface area (Å²) in [5.41, 5.74) is 5.98. The minimum Gasteiger partial charge on any atom is -0.397 e. The Balaban J connectivity index is 1.80. The van der Waals surface area contributed by atoms with Gasteiger partial charge in [-0.25, -0.2) is 8.78 Å². The minimum atomic E-state index is -0.892. The zero-order valence-corrected chi connectivity index (χ0v) is 12.0. The average Bonchev–Trinajstić information content (AvgIpc) is 2.44. The highest BCUT2D eigenvalue weighted by Crippen LogP contribution is 2.24. The molecule has 0 spiro atoms.